The fraction of sp³-hybridized carbons (Fsp3) is 0.357. The minimum atomic E-state index is -0.295. The number of amides is 1. The lowest BCUT2D eigenvalue weighted by atomic mass is 10.1. The zero-order valence-corrected chi connectivity index (χ0v) is 11.6. The highest BCUT2D eigenvalue weighted by Gasteiger charge is 2.22. The lowest BCUT2D eigenvalue weighted by molar-refractivity contribution is -0.125. The fourth-order valence-corrected chi connectivity index (χ4v) is 2.08. The summed E-state index contributed by atoms with van der Waals surface area (Å²) in [4.78, 5) is 13.7. The SMILES string of the molecule is C/C(=C\C(=O)N1CC[C@H](N)C1)c1cccc(F)c1.Cl. The summed E-state index contributed by atoms with van der Waals surface area (Å²) in [6.07, 6.45) is 2.39. The highest BCUT2D eigenvalue weighted by atomic mass is 35.5. The standard InChI is InChI=1S/C14H17FN2O.ClH/c1-10(11-3-2-4-12(15)8-11)7-14(18)17-6-5-13(16)9-17;/h2-4,7-8,13H,5-6,9,16H2,1H3;1H/b10-7+;/t13-;/m0./s1. The minimum absolute atomic E-state index is 0. The van der Waals surface area contributed by atoms with Gasteiger partial charge in [0.25, 0.3) is 0 Å². The van der Waals surface area contributed by atoms with E-state index in [0.717, 1.165) is 17.6 Å². The Labute approximate surface area is 118 Å². The molecule has 0 saturated carbocycles. The maximum atomic E-state index is 13.1. The van der Waals surface area contributed by atoms with Crippen LogP contribution in [0.4, 0.5) is 4.39 Å². The number of carbonyl (C=O) groups is 1. The predicted octanol–water partition coefficient (Wildman–Crippen LogP) is 2.21. The van der Waals surface area contributed by atoms with E-state index in [9.17, 15) is 9.18 Å². The van der Waals surface area contributed by atoms with E-state index in [1.165, 1.54) is 12.1 Å². The average molecular weight is 285 g/mol. The van der Waals surface area contributed by atoms with Crippen molar-refractivity contribution in [2.75, 3.05) is 13.1 Å². The summed E-state index contributed by atoms with van der Waals surface area (Å²) < 4.78 is 13.1. The third kappa shape index (κ3) is 4.04. The van der Waals surface area contributed by atoms with E-state index in [4.69, 9.17) is 5.73 Å². The fourth-order valence-electron chi connectivity index (χ4n) is 2.08. The Morgan fingerprint density at radius 1 is 1.53 bits per heavy atom. The van der Waals surface area contributed by atoms with Crippen LogP contribution in [0.3, 0.4) is 0 Å². The number of allylic oxidation sites excluding steroid dienone is 1. The second kappa shape index (κ2) is 6.68. The van der Waals surface area contributed by atoms with Crippen LogP contribution >= 0.6 is 12.4 Å². The first-order chi connectivity index (χ1) is 8.56. The Morgan fingerprint density at radius 2 is 2.26 bits per heavy atom. The van der Waals surface area contributed by atoms with Crippen LogP contribution < -0.4 is 5.73 Å². The Balaban J connectivity index is 0.00000180. The van der Waals surface area contributed by atoms with Crippen LogP contribution in [0.15, 0.2) is 30.3 Å². The summed E-state index contributed by atoms with van der Waals surface area (Å²) >= 11 is 0. The zero-order chi connectivity index (χ0) is 13.1. The third-order valence-electron chi connectivity index (χ3n) is 3.16. The van der Waals surface area contributed by atoms with Crippen LogP contribution in [0.2, 0.25) is 0 Å². The maximum absolute atomic E-state index is 13.1. The lowest BCUT2D eigenvalue weighted by Gasteiger charge is -2.13. The summed E-state index contributed by atoms with van der Waals surface area (Å²) in [7, 11) is 0. The van der Waals surface area contributed by atoms with E-state index in [-0.39, 0.29) is 30.2 Å². The Morgan fingerprint density at radius 3 is 2.84 bits per heavy atom. The number of nitrogens with two attached hydrogens (primary N) is 1. The van der Waals surface area contributed by atoms with Gasteiger partial charge in [-0.25, -0.2) is 4.39 Å². The first-order valence-electron chi connectivity index (χ1n) is 6.05. The monoisotopic (exact) mass is 284 g/mol. The summed E-state index contributed by atoms with van der Waals surface area (Å²) in [6.45, 7) is 3.11. The molecule has 0 radical (unpaired) electrons. The highest BCUT2D eigenvalue weighted by Crippen LogP contribution is 2.16. The summed E-state index contributed by atoms with van der Waals surface area (Å²) in [5.41, 5.74) is 7.25. The van der Waals surface area contributed by atoms with Crippen molar-refractivity contribution in [2.45, 2.75) is 19.4 Å². The summed E-state index contributed by atoms with van der Waals surface area (Å²) in [5, 5.41) is 0. The topological polar surface area (TPSA) is 46.3 Å². The molecule has 1 aromatic rings. The largest absolute Gasteiger partial charge is 0.338 e. The van der Waals surface area contributed by atoms with Gasteiger partial charge in [0, 0.05) is 25.2 Å². The van der Waals surface area contributed by atoms with Crippen molar-refractivity contribution in [3.8, 4) is 0 Å². The van der Waals surface area contributed by atoms with Gasteiger partial charge in [0.15, 0.2) is 0 Å². The van der Waals surface area contributed by atoms with Gasteiger partial charge in [0.05, 0.1) is 0 Å². The normalized spacial score (nSPS) is 19.2. The summed E-state index contributed by atoms with van der Waals surface area (Å²) in [5.74, 6) is -0.347. The molecule has 1 amide bonds. The van der Waals surface area contributed by atoms with Crippen LogP contribution in [0, 0.1) is 5.82 Å². The molecule has 0 spiro atoms. The molecule has 2 rings (SSSR count). The van der Waals surface area contributed by atoms with E-state index in [1.54, 1.807) is 23.1 Å². The molecule has 104 valence electrons. The van der Waals surface area contributed by atoms with E-state index < -0.39 is 0 Å². The molecule has 2 N–H and O–H groups in total. The van der Waals surface area contributed by atoms with Crippen molar-refractivity contribution in [3.63, 3.8) is 0 Å². The van der Waals surface area contributed by atoms with Crippen molar-refractivity contribution in [1.29, 1.82) is 0 Å². The van der Waals surface area contributed by atoms with Gasteiger partial charge in [-0.15, -0.1) is 12.4 Å². The molecule has 0 aliphatic carbocycles. The first-order valence-corrected chi connectivity index (χ1v) is 6.05. The van der Waals surface area contributed by atoms with Gasteiger partial charge in [0.1, 0.15) is 5.82 Å². The molecule has 1 fully saturated rings. The molecule has 0 unspecified atom stereocenters. The average Bonchev–Trinajstić information content (AvgIpc) is 2.76. The second-order valence-electron chi connectivity index (χ2n) is 4.67. The van der Waals surface area contributed by atoms with Crippen molar-refractivity contribution in [2.24, 2.45) is 5.73 Å². The van der Waals surface area contributed by atoms with Crippen LogP contribution in [-0.4, -0.2) is 29.9 Å². The third-order valence-corrected chi connectivity index (χ3v) is 3.16. The smallest absolute Gasteiger partial charge is 0.246 e. The number of halogens is 2. The van der Waals surface area contributed by atoms with Crippen LogP contribution in [0.5, 0.6) is 0 Å². The van der Waals surface area contributed by atoms with Crippen LogP contribution in [0.25, 0.3) is 5.57 Å². The zero-order valence-electron chi connectivity index (χ0n) is 10.8. The number of hydrogen-bond donors (Lipinski definition) is 1. The Kier molecular flexibility index (Phi) is 5.51. The molecule has 0 bridgehead atoms. The van der Waals surface area contributed by atoms with E-state index in [1.807, 2.05) is 6.92 Å². The van der Waals surface area contributed by atoms with E-state index >= 15 is 0 Å². The van der Waals surface area contributed by atoms with Crippen LogP contribution in [-0.2, 0) is 4.79 Å². The maximum Gasteiger partial charge on any atom is 0.246 e. The number of rotatable bonds is 2. The molecule has 1 aliphatic rings. The van der Waals surface area contributed by atoms with E-state index in [2.05, 4.69) is 0 Å². The molecule has 1 aromatic carbocycles. The van der Waals surface area contributed by atoms with Gasteiger partial charge in [-0.3, -0.25) is 4.79 Å². The molecular weight excluding hydrogens is 267 g/mol. The van der Waals surface area contributed by atoms with Crippen molar-refractivity contribution in [3.05, 3.63) is 41.7 Å². The molecular formula is C14H18ClFN2O. The van der Waals surface area contributed by atoms with Crippen molar-refractivity contribution >= 4 is 23.9 Å². The minimum Gasteiger partial charge on any atom is -0.338 e. The number of benzene rings is 1. The quantitative estimate of drug-likeness (QED) is 0.847. The highest BCUT2D eigenvalue weighted by molar-refractivity contribution is 5.95. The van der Waals surface area contributed by atoms with Gasteiger partial charge in [-0.05, 0) is 36.6 Å². The number of hydrogen-bond acceptors (Lipinski definition) is 2. The molecule has 1 heterocycles. The number of carbonyl (C=O) groups excluding carboxylic acids is 1. The summed E-state index contributed by atoms with van der Waals surface area (Å²) in [6, 6.07) is 6.32. The van der Waals surface area contributed by atoms with Crippen molar-refractivity contribution in [1.82, 2.24) is 4.90 Å². The lowest BCUT2D eigenvalue weighted by Crippen LogP contribution is -2.30. The molecule has 3 nitrogen and oxygen atoms in total. The van der Waals surface area contributed by atoms with Gasteiger partial charge in [0.2, 0.25) is 5.91 Å². The van der Waals surface area contributed by atoms with Gasteiger partial charge >= 0.3 is 0 Å². The first kappa shape index (κ1) is 15.7. The Bertz CT molecular complexity index is 490. The number of nitrogens with zero attached hydrogens (tertiary/aromatic N) is 1. The molecule has 5 heteroatoms. The molecule has 1 saturated heterocycles. The molecule has 1 atom stereocenters. The Hall–Kier alpha value is -1.39. The van der Waals surface area contributed by atoms with Gasteiger partial charge in [-0.1, -0.05) is 12.1 Å². The van der Waals surface area contributed by atoms with Crippen LogP contribution in [0.1, 0.15) is 18.9 Å². The van der Waals surface area contributed by atoms with Crippen molar-refractivity contribution < 1.29 is 9.18 Å². The van der Waals surface area contributed by atoms with E-state index in [0.29, 0.717) is 13.1 Å². The molecule has 1 aliphatic heterocycles. The number of likely N-dealkylation sites (tertiary alicyclic amines) is 1. The molecule has 19 heavy (non-hydrogen) atoms. The van der Waals surface area contributed by atoms with Gasteiger partial charge in [-0.2, -0.15) is 0 Å². The molecule has 0 aromatic heterocycles. The second-order valence-corrected chi connectivity index (χ2v) is 4.67. The predicted molar refractivity (Wildman–Crippen MR) is 76.5 cm³/mol. The van der Waals surface area contributed by atoms with Gasteiger partial charge < -0.3 is 10.6 Å².